The van der Waals surface area contributed by atoms with Crippen LogP contribution in [0.4, 0.5) is 0 Å². The maximum atomic E-state index is 4.15. The molecule has 0 saturated heterocycles. The molecular formula is C16H17N. The molecule has 0 N–H and O–H groups in total. The first kappa shape index (κ1) is 11.6. The molecule has 2 rings (SSSR count). The summed E-state index contributed by atoms with van der Waals surface area (Å²) in [5.41, 5.74) is 6.04. The highest BCUT2D eigenvalue weighted by atomic mass is 14.7. The topological polar surface area (TPSA) is 12.4 Å². The maximum Gasteiger partial charge on any atom is 0.0340 e. The first-order valence-electron chi connectivity index (χ1n) is 5.87. The summed E-state index contributed by atoms with van der Waals surface area (Å²) in [4.78, 5) is 4.15. The standard InChI is InChI=1S/C16H17N/c1-4-9-17-11-13(3)14-7-8-16-12(2)5-6-15(16)10-14/h4,7-11H,2-3,5-6H2,1H3/b9-4-,17-11?. The van der Waals surface area contributed by atoms with E-state index in [2.05, 4.69) is 36.3 Å². The summed E-state index contributed by atoms with van der Waals surface area (Å²) in [6.45, 7) is 10.1. The van der Waals surface area contributed by atoms with Crippen LogP contribution in [0.3, 0.4) is 0 Å². The molecule has 17 heavy (non-hydrogen) atoms. The minimum atomic E-state index is 0.948. The van der Waals surface area contributed by atoms with E-state index in [0.717, 1.165) is 24.0 Å². The summed E-state index contributed by atoms with van der Waals surface area (Å²) in [5, 5.41) is 0. The van der Waals surface area contributed by atoms with Crippen molar-refractivity contribution in [2.45, 2.75) is 19.8 Å². The van der Waals surface area contributed by atoms with Crippen LogP contribution in [0.2, 0.25) is 0 Å². The number of fused-ring (bicyclic) bond motifs is 1. The molecular weight excluding hydrogens is 206 g/mol. The molecule has 1 aromatic carbocycles. The third-order valence-electron chi connectivity index (χ3n) is 3.02. The van der Waals surface area contributed by atoms with Gasteiger partial charge in [0.15, 0.2) is 0 Å². The van der Waals surface area contributed by atoms with Crippen LogP contribution >= 0.6 is 0 Å². The van der Waals surface area contributed by atoms with Gasteiger partial charge in [-0.2, -0.15) is 0 Å². The van der Waals surface area contributed by atoms with Crippen LogP contribution < -0.4 is 0 Å². The van der Waals surface area contributed by atoms with Crippen molar-refractivity contribution in [3.63, 3.8) is 0 Å². The molecule has 0 radical (unpaired) electrons. The highest BCUT2D eigenvalue weighted by molar-refractivity contribution is 6.09. The normalized spacial score (nSPS) is 14.8. The van der Waals surface area contributed by atoms with Crippen LogP contribution in [-0.4, -0.2) is 6.21 Å². The van der Waals surface area contributed by atoms with Crippen molar-refractivity contribution in [2.75, 3.05) is 0 Å². The number of allylic oxidation sites excluding steroid dienone is 3. The molecule has 0 bridgehead atoms. The van der Waals surface area contributed by atoms with Crippen molar-refractivity contribution in [3.8, 4) is 0 Å². The summed E-state index contributed by atoms with van der Waals surface area (Å²) in [6, 6.07) is 6.45. The molecule has 0 saturated carbocycles. The van der Waals surface area contributed by atoms with E-state index in [1.54, 1.807) is 12.4 Å². The molecule has 1 aromatic rings. The number of hydrogen-bond donors (Lipinski definition) is 0. The predicted molar refractivity (Wildman–Crippen MR) is 76.1 cm³/mol. The molecule has 1 aliphatic carbocycles. The van der Waals surface area contributed by atoms with Gasteiger partial charge in [-0.05, 0) is 47.6 Å². The SMILES string of the molecule is C=C(C=N/C=C\C)c1ccc2c(c1)CCC2=C. The van der Waals surface area contributed by atoms with E-state index in [-0.39, 0.29) is 0 Å². The number of nitrogens with zero attached hydrogens (tertiary/aromatic N) is 1. The number of hydrogen-bond acceptors (Lipinski definition) is 1. The Labute approximate surface area is 103 Å². The largest absolute Gasteiger partial charge is 0.264 e. The average molecular weight is 223 g/mol. The number of rotatable bonds is 3. The number of aliphatic imine (C=N–C) groups is 1. The lowest BCUT2D eigenvalue weighted by Crippen LogP contribution is -1.88. The Morgan fingerprint density at radius 3 is 2.94 bits per heavy atom. The van der Waals surface area contributed by atoms with E-state index >= 15 is 0 Å². The molecule has 1 aliphatic rings. The van der Waals surface area contributed by atoms with Crippen molar-refractivity contribution < 1.29 is 0 Å². The molecule has 0 atom stereocenters. The zero-order chi connectivity index (χ0) is 12.3. The van der Waals surface area contributed by atoms with Gasteiger partial charge in [0.1, 0.15) is 0 Å². The summed E-state index contributed by atoms with van der Waals surface area (Å²) < 4.78 is 0. The Bertz CT molecular complexity index is 518. The number of aryl methyl sites for hydroxylation is 1. The third-order valence-corrected chi connectivity index (χ3v) is 3.02. The van der Waals surface area contributed by atoms with Gasteiger partial charge in [-0.15, -0.1) is 0 Å². The van der Waals surface area contributed by atoms with Gasteiger partial charge >= 0.3 is 0 Å². The Kier molecular flexibility index (Phi) is 3.38. The molecule has 1 nitrogen and oxygen atoms in total. The van der Waals surface area contributed by atoms with Crippen molar-refractivity contribution >= 4 is 17.4 Å². The lowest BCUT2D eigenvalue weighted by atomic mass is 10.0. The molecule has 0 heterocycles. The van der Waals surface area contributed by atoms with E-state index in [1.807, 2.05) is 13.0 Å². The smallest absolute Gasteiger partial charge is 0.0340 e. The Hall–Kier alpha value is -1.89. The third kappa shape index (κ3) is 2.44. The van der Waals surface area contributed by atoms with Crippen molar-refractivity contribution in [1.29, 1.82) is 0 Å². The molecule has 86 valence electrons. The molecule has 1 heteroatoms. The first-order valence-corrected chi connectivity index (χ1v) is 5.87. The second-order valence-electron chi connectivity index (χ2n) is 4.26. The van der Waals surface area contributed by atoms with Crippen molar-refractivity contribution in [2.24, 2.45) is 4.99 Å². The average Bonchev–Trinajstić information content (AvgIpc) is 2.71. The van der Waals surface area contributed by atoms with Gasteiger partial charge in [-0.25, -0.2) is 0 Å². The lowest BCUT2D eigenvalue weighted by Gasteiger charge is -2.04. The summed E-state index contributed by atoms with van der Waals surface area (Å²) in [7, 11) is 0. The van der Waals surface area contributed by atoms with Crippen LogP contribution in [-0.2, 0) is 6.42 Å². The van der Waals surface area contributed by atoms with Gasteiger partial charge in [0.2, 0.25) is 0 Å². The zero-order valence-corrected chi connectivity index (χ0v) is 10.2. The predicted octanol–water partition coefficient (Wildman–Crippen LogP) is 4.26. The monoisotopic (exact) mass is 223 g/mol. The van der Waals surface area contributed by atoms with E-state index in [9.17, 15) is 0 Å². The van der Waals surface area contributed by atoms with Gasteiger partial charge in [0.25, 0.3) is 0 Å². The van der Waals surface area contributed by atoms with Crippen LogP contribution in [0.25, 0.3) is 11.1 Å². The van der Waals surface area contributed by atoms with Crippen LogP contribution in [0.1, 0.15) is 30.0 Å². The molecule has 0 aliphatic heterocycles. The van der Waals surface area contributed by atoms with Crippen LogP contribution in [0.15, 0.2) is 48.6 Å². The van der Waals surface area contributed by atoms with Crippen molar-refractivity contribution in [1.82, 2.24) is 0 Å². The quantitative estimate of drug-likeness (QED) is 0.679. The second kappa shape index (κ2) is 4.96. The second-order valence-corrected chi connectivity index (χ2v) is 4.26. The van der Waals surface area contributed by atoms with Gasteiger partial charge in [-0.1, -0.05) is 37.4 Å². The minimum Gasteiger partial charge on any atom is -0.264 e. The fourth-order valence-corrected chi connectivity index (χ4v) is 2.06. The lowest BCUT2D eigenvalue weighted by molar-refractivity contribution is 1.08. The Morgan fingerprint density at radius 2 is 2.18 bits per heavy atom. The Balaban J connectivity index is 2.24. The van der Waals surface area contributed by atoms with E-state index in [1.165, 1.54) is 16.7 Å². The van der Waals surface area contributed by atoms with E-state index in [4.69, 9.17) is 0 Å². The molecule has 0 fully saturated rings. The van der Waals surface area contributed by atoms with Gasteiger partial charge < -0.3 is 0 Å². The van der Waals surface area contributed by atoms with E-state index in [0.29, 0.717) is 0 Å². The van der Waals surface area contributed by atoms with Gasteiger partial charge in [0.05, 0.1) is 0 Å². The molecule has 0 unspecified atom stereocenters. The van der Waals surface area contributed by atoms with Gasteiger partial charge in [-0.3, -0.25) is 4.99 Å². The van der Waals surface area contributed by atoms with Gasteiger partial charge in [0, 0.05) is 12.4 Å². The highest BCUT2D eigenvalue weighted by Crippen LogP contribution is 2.32. The minimum absolute atomic E-state index is 0.948. The Morgan fingerprint density at radius 1 is 1.35 bits per heavy atom. The zero-order valence-electron chi connectivity index (χ0n) is 10.2. The molecule has 0 aromatic heterocycles. The van der Waals surface area contributed by atoms with Crippen LogP contribution in [0, 0.1) is 0 Å². The fraction of sp³-hybridized carbons (Fsp3) is 0.188. The highest BCUT2D eigenvalue weighted by Gasteiger charge is 2.14. The molecule has 0 amide bonds. The first-order chi connectivity index (χ1) is 8.22. The fourth-order valence-electron chi connectivity index (χ4n) is 2.06. The number of benzene rings is 1. The maximum absolute atomic E-state index is 4.15. The van der Waals surface area contributed by atoms with Crippen molar-refractivity contribution in [3.05, 3.63) is 60.3 Å². The van der Waals surface area contributed by atoms with Crippen LogP contribution in [0.5, 0.6) is 0 Å². The summed E-state index contributed by atoms with van der Waals surface area (Å²) in [5.74, 6) is 0. The van der Waals surface area contributed by atoms with E-state index < -0.39 is 0 Å². The summed E-state index contributed by atoms with van der Waals surface area (Å²) in [6.07, 6.45) is 7.64. The molecule has 0 spiro atoms. The summed E-state index contributed by atoms with van der Waals surface area (Å²) >= 11 is 0.